The molecule has 2 unspecified atom stereocenters. The fourth-order valence-electron chi connectivity index (χ4n) is 2.57. The molecule has 2 atom stereocenters. The van der Waals surface area contributed by atoms with Gasteiger partial charge < -0.3 is 14.7 Å². The molecule has 1 aromatic carbocycles. The van der Waals surface area contributed by atoms with Crippen LogP contribution in [0.5, 0.6) is 5.75 Å². The molecule has 5 nitrogen and oxygen atoms in total. The van der Waals surface area contributed by atoms with Crippen molar-refractivity contribution in [1.82, 2.24) is 4.90 Å². The number of carbonyl (C=O) groups is 1. The summed E-state index contributed by atoms with van der Waals surface area (Å²) in [5.74, 6) is 0.946. The molecule has 0 aliphatic carbocycles. The van der Waals surface area contributed by atoms with Crippen molar-refractivity contribution in [3.8, 4) is 11.8 Å². The molecule has 0 spiro atoms. The highest BCUT2D eigenvalue weighted by Gasteiger charge is 2.29. The van der Waals surface area contributed by atoms with E-state index in [1.54, 1.807) is 36.1 Å². The second kappa shape index (κ2) is 7.09. The van der Waals surface area contributed by atoms with Crippen LogP contribution in [0.4, 0.5) is 0 Å². The molecule has 1 aliphatic heterocycles. The topological polar surface area (TPSA) is 73.6 Å². The minimum absolute atomic E-state index is 0.0280. The second-order valence-electron chi connectivity index (χ2n) is 5.35. The smallest absolute Gasteiger partial charge is 0.263 e. The third kappa shape index (κ3) is 3.96. The molecule has 21 heavy (non-hydrogen) atoms. The number of carbonyl (C=O) groups excluding carboxylic acids is 1. The Kier molecular flexibility index (Phi) is 5.18. The number of hydrogen-bond acceptors (Lipinski definition) is 4. The molecule has 112 valence electrons. The molecule has 0 saturated carbocycles. The van der Waals surface area contributed by atoms with Crippen molar-refractivity contribution in [2.24, 2.45) is 5.92 Å². The lowest BCUT2D eigenvalue weighted by molar-refractivity contribution is -0.137. The van der Waals surface area contributed by atoms with Gasteiger partial charge in [0.15, 0.2) is 6.10 Å². The standard InChI is InChI=1S/C16H20N2O3/c1-12(21-15-4-2-13(10-17)3-5-15)16(20)18-8-6-14(11-18)7-9-19/h2-5,12,14,19H,6-9,11H2,1H3. The minimum atomic E-state index is -0.550. The molecular formula is C16H20N2O3. The van der Waals surface area contributed by atoms with E-state index in [0.29, 0.717) is 23.8 Å². The van der Waals surface area contributed by atoms with Gasteiger partial charge in [-0.2, -0.15) is 5.26 Å². The summed E-state index contributed by atoms with van der Waals surface area (Å²) in [5, 5.41) is 17.7. The molecule has 5 heteroatoms. The number of benzene rings is 1. The van der Waals surface area contributed by atoms with Crippen LogP contribution in [0.2, 0.25) is 0 Å². The van der Waals surface area contributed by atoms with Crippen LogP contribution in [0.15, 0.2) is 24.3 Å². The summed E-state index contributed by atoms with van der Waals surface area (Å²) in [6, 6.07) is 8.76. The van der Waals surface area contributed by atoms with Gasteiger partial charge in [0.1, 0.15) is 5.75 Å². The zero-order chi connectivity index (χ0) is 15.2. The predicted molar refractivity (Wildman–Crippen MR) is 77.6 cm³/mol. The molecule has 1 saturated heterocycles. The summed E-state index contributed by atoms with van der Waals surface area (Å²) in [6.07, 6.45) is 1.13. The highest BCUT2D eigenvalue weighted by Crippen LogP contribution is 2.21. The van der Waals surface area contributed by atoms with Crippen molar-refractivity contribution < 1.29 is 14.6 Å². The lowest BCUT2D eigenvalue weighted by Gasteiger charge is -2.21. The fraction of sp³-hybridized carbons (Fsp3) is 0.500. The fourth-order valence-corrected chi connectivity index (χ4v) is 2.57. The lowest BCUT2D eigenvalue weighted by Crippen LogP contribution is -2.39. The molecule has 1 aliphatic rings. The number of hydrogen-bond donors (Lipinski definition) is 1. The van der Waals surface area contributed by atoms with Gasteiger partial charge in [-0.1, -0.05) is 0 Å². The largest absolute Gasteiger partial charge is 0.481 e. The van der Waals surface area contributed by atoms with E-state index in [4.69, 9.17) is 15.1 Å². The van der Waals surface area contributed by atoms with Crippen LogP contribution >= 0.6 is 0 Å². The highest BCUT2D eigenvalue weighted by molar-refractivity contribution is 5.81. The van der Waals surface area contributed by atoms with E-state index >= 15 is 0 Å². The number of ether oxygens (including phenoxy) is 1. The Bertz CT molecular complexity index is 521. The van der Waals surface area contributed by atoms with Crippen LogP contribution in [0.1, 0.15) is 25.3 Å². The summed E-state index contributed by atoms with van der Waals surface area (Å²) < 4.78 is 5.63. The summed E-state index contributed by atoms with van der Waals surface area (Å²) in [4.78, 5) is 14.1. The minimum Gasteiger partial charge on any atom is -0.481 e. The molecular weight excluding hydrogens is 268 g/mol. The summed E-state index contributed by atoms with van der Waals surface area (Å²) in [5.41, 5.74) is 0.563. The van der Waals surface area contributed by atoms with Crippen molar-refractivity contribution in [3.63, 3.8) is 0 Å². The van der Waals surface area contributed by atoms with Crippen LogP contribution in [0.3, 0.4) is 0 Å². The van der Waals surface area contributed by atoms with E-state index in [0.717, 1.165) is 19.4 Å². The maximum atomic E-state index is 12.3. The van der Waals surface area contributed by atoms with Crippen LogP contribution in [0.25, 0.3) is 0 Å². The van der Waals surface area contributed by atoms with Gasteiger partial charge in [0.2, 0.25) is 0 Å². The third-order valence-corrected chi connectivity index (χ3v) is 3.78. The number of aliphatic hydroxyl groups excluding tert-OH is 1. The number of rotatable bonds is 5. The number of likely N-dealkylation sites (tertiary alicyclic amines) is 1. The molecule has 0 radical (unpaired) electrons. The molecule has 0 bridgehead atoms. The van der Waals surface area contributed by atoms with Gasteiger partial charge in [0.05, 0.1) is 11.6 Å². The number of nitrogens with zero attached hydrogens (tertiary/aromatic N) is 2. The Morgan fingerprint density at radius 2 is 2.24 bits per heavy atom. The van der Waals surface area contributed by atoms with Gasteiger partial charge in [-0.15, -0.1) is 0 Å². The normalized spacial score (nSPS) is 19.1. The maximum Gasteiger partial charge on any atom is 0.263 e. The van der Waals surface area contributed by atoms with Gasteiger partial charge in [0.25, 0.3) is 5.91 Å². The van der Waals surface area contributed by atoms with E-state index in [1.807, 2.05) is 6.07 Å². The Morgan fingerprint density at radius 3 is 2.86 bits per heavy atom. The van der Waals surface area contributed by atoms with Gasteiger partial charge >= 0.3 is 0 Å². The predicted octanol–water partition coefficient (Wildman–Crippen LogP) is 1.56. The van der Waals surface area contributed by atoms with Crippen molar-refractivity contribution >= 4 is 5.91 Å². The lowest BCUT2D eigenvalue weighted by atomic mass is 10.1. The first-order valence-electron chi connectivity index (χ1n) is 7.20. The third-order valence-electron chi connectivity index (χ3n) is 3.78. The molecule has 1 heterocycles. The first kappa shape index (κ1) is 15.3. The maximum absolute atomic E-state index is 12.3. The van der Waals surface area contributed by atoms with E-state index in [9.17, 15) is 4.79 Å². The zero-order valence-electron chi connectivity index (χ0n) is 12.2. The average Bonchev–Trinajstić information content (AvgIpc) is 2.96. The average molecular weight is 288 g/mol. The van der Waals surface area contributed by atoms with Crippen LogP contribution in [-0.4, -0.2) is 41.7 Å². The van der Waals surface area contributed by atoms with Crippen LogP contribution < -0.4 is 4.74 Å². The van der Waals surface area contributed by atoms with Gasteiger partial charge in [-0.05, 0) is 49.9 Å². The first-order chi connectivity index (χ1) is 10.1. The number of nitriles is 1. The number of aliphatic hydroxyl groups is 1. The SMILES string of the molecule is CC(Oc1ccc(C#N)cc1)C(=O)N1CCC(CCO)C1. The van der Waals surface area contributed by atoms with E-state index in [1.165, 1.54) is 0 Å². The van der Waals surface area contributed by atoms with Crippen LogP contribution in [0, 0.1) is 17.2 Å². The van der Waals surface area contributed by atoms with Crippen LogP contribution in [-0.2, 0) is 4.79 Å². The summed E-state index contributed by atoms with van der Waals surface area (Å²) >= 11 is 0. The van der Waals surface area contributed by atoms with Crippen molar-refractivity contribution in [3.05, 3.63) is 29.8 Å². The molecule has 1 N–H and O–H groups in total. The molecule has 1 amide bonds. The molecule has 1 fully saturated rings. The Hall–Kier alpha value is -2.06. The van der Waals surface area contributed by atoms with Gasteiger partial charge in [0, 0.05) is 19.7 Å². The second-order valence-corrected chi connectivity index (χ2v) is 5.35. The zero-order valence-corrected chi connectivity index (χ0v) is 12.2. The summed E-state index contributed by atoms with van der Waals surface area (Å²) in [6.45, 7) is 3.33. The van der Waals surface area contributed by atoms with Gasteiger partial charge in [-0.25, -0.2) is 0 Å². The molecule has 1 aromatic rings. The summed E-state index contributed by atoms with van der Waals surface area (Å²) in [7, 11) is 0. The highest BCUT2D eigenvalue weighted by atomic mass is 16.5. The first-order valence-corrected chi connectivity index (χ1v) is 7.20. The Balaban J connectivity index is 1.89. The molecule has 0 aromatic heterocycles. The van der Waals surface area contributed by atoms with Gasteiger partial charge in [-0.3, -0.25) is 4.79 Å². The van der Waals surface area contributed by atoms with Crippen molar-refractivity contribution in [1.29, 1.82) is 5.26 Å². The Labute approximate surface area is 124 Å². The van der Waals surface area contributed by atoms with E-state index in [-0.39, 0.29) is 12.5 Å². The Morgan fingerprint density at radius 1 is 1.52 bits per heavy atom. The van der Waals surface area contributed by atoms with Crippen molar-refractivity contribution in [2.45, 2.75) is 25.9 Å². The monoisotopic (exact) mass is 288 g/mol. The molecule has 2 rings (SSSR count). The van der Waals surface area contributed by atoms with Crippen molar-refractivity contribution in [2.75, 3.05) is 19.7 Å². The quantitative estimate of drug-likeness (QED) is 0.892. The van der Waals surface area contributed by atoms with E-state index in [2.05, 4.69) is 0 Å². The number of amides is 1. The van der Waals surface area contributed by atoms with E-state index < -0.39 is 6.10 Å².